The Bertz CT molecular complexity index is 483. The van der Waals surface area contributed by atoms with Crippen LogP contribution in [0.4, 0.5) is 20.2 Å². The van der Waals surface area contributed by atoms with E-state index in [-0.39, 0.29) is 0 Å². The molecule has 0 heterocycles. The summed E-state index contributed by atoms with van der Waals surface area (Å²) in [5.41, 5.74) is -0.859. The van der Waals surface area contributed by atoms with Gasteiger partial charge in [-0.1, -0.05) is 6.92 Å². The van der Waals surface area contributed by atoms with Crippen molar-refractivity contribution >= 4 is 11.4 Å². The molecular weight excluding hydrogens is 268 g/mol. The van der Waals surface area contributed by atoms with Crippen molar-refractivity contribution in [3.8, 4) is 0 Å². The lowest BCUT2D eigenvalue weighted by Gasteiger charge is -2.23. The van der Waals surface area contributed by atoms with Crippen molar-refractivity contribution in [3.63, 3.8) is 0 Å². The average molecular weight is 287 g/mol. The number of nitrogens with zero attached hydrogens (tertiary/aromatic N) is 2. The fourth-order valence-corrected chi connectivity index (χ4v) is 1.75. The van der Waals surface area contributed by atoms with E-state index >= 15 is 0 Å². The van der Waals surface area contributed by atoms with Crippen molar-refractivity contribution < 1.29 is 13.7 Å². The van der Waals surface area contributed by atoms with E-state index in [4.69, 9.17) is 0 Å². The number of nitro groups is 1. The SMILES string of the molecule is CCC(C)N(C)CCNc1c([N+](=O)[O-])ccc(F)c1F. The molecule has 0 bridgehead atoms. The lowest BCUT2D eigenvalue weighted by Crippen LogP contribution is -2.32. The summed E-state index contributed by atoms with van der Waals surface area (Å²) in [6.45, 7) is 4.96. The van der Waals surface area contributed by atoms with Crippen LogP contribution >= 0.6 is 0 Å². The number of nitrogens with one attached hydrogen (secondary N) is 1. The molecule has 0 aliphatic carbocycles. The smallest absolute Gasteiger partial charge is 0.295 e. The molecule has 0 spiro atoms. The zero-order valence-electron chi connectivity index (χ0n) is 11.8. The molecule has 0 aliphatic heterocycles. The molecule has 1 unspecified atom stereocenters. The summed E-state index contributed by atoms with van der Waals surface area (Å²) in [7, 11) is 1.91. The van der Waals surface area contributed by atoms with Gasteiger partial charge in [-0.3, -0.25) is 10.1 Å². The summed E-state index contributed by atoms with van der Waals surface area (Å²) in [5, 5.41) is 13.4. The van der Waals surface area contributed by atoms with E-state index in [2.05, 4.69) is 5.32 Å². The molecule has 0 radical (unpaired) electrons. The first-order chi connectivity index (χ1) is 9.38. The number of halogens is 2. The van der Waals surface area contributed by atoms with Crippen LogP contribution in [0.1, 0.15) is 20.3 Å². The highest BCUT2D eigenvalue weighted by Gasteiger charge is 2.21. The Morgan fingerprint density at radius 3 is 2.65 bits per heavy atom. The van der Waals surface area contributed by atoms with E-state index in [1.807, 2.05) is 25.8 Å². The highest BCUT2D eigenvalue weighted by atomic mass is 19.2. The van der Waals surface area contributed by atoms with Gasteiger partial charge in [-0.15, -0.1) is 0 Å². The molecule has 0 amide bonds. The van der Waals surface area contributed by atoms with Gasteiger partial charge in [-0.2, -0.15) is 0 Å². The maximum atomic E-state index is 13.6. The molecule has 0 fully saturated rings. The van der Waals surface area contributed by atoms with E-state index in [1.165, 1.54) is 0 Å². The molecular formula is C13H19F2N3O2. The Labute approximate surface area is 116 Å². The van der Waals surface area contributed by atoms with Crippen molar-refractivity contribution in [2.24, 2.45) is 0 Å². The monoisotopic (exact) mass is 287 g/mol. The fourth-order valence-electron chi connectivity index (χ4n) is 1.75. The summed E-state index contributed by atoms with van der Waals surface area (Å²) < 4.78 is 26.8. The molecule has 0 saturated carbocycles. The van der Waals surface area contributed by atoms with Gasteiger partial charge in [0.25, 0.3) is 5.69 Å². The summed E-state index contributed by atoms with van der Waals surface area (Å²) in [5.74, 6) is -2.32. The van der Waals surface area contributed by atoms with Crippen LogP contribution in [0.5, 0.6) is 0 Å². The maximum absolute atomic E-state index is 13.6. The third-order valence-electron chi connectivity index (χ3n) is 3.38. The molecule has 1 aromatic rings. The second kappa shape index (κ2) is 7.14. The Hall–Kier alpha value is -1.76. The summed E-state index contributed by atoms with van der Waals surface area (Å²) >= 11 is 0. The van der Waals surface area contributed by atoms with E-state index in [0.29, 0.717) is 19.1 Å². The van der Waals surface area contributed by atoms with Crippen molar-refractivity contribution in [2.45, 2.75) is 26.3 Å². The second-order valence-corrected chi connectivity index (χ2v) is 4.68. The predicted octanol–water partition coefficient (Wildman–Crippen LogP) is 3.02. The summed E-state index contributed by atoms with van der Waals surface area (Å²) in [4.78, 5) is 12.1. The Morgan fingerprint density at radius 2 is 2.10 bits per heavy atom. The first-order valence-corrected chi connectivity index (χ1v) is 6.45. The molecule has 1 N–H and O–H groups in total. The number of nitro benzene ring substituents is 1. The van der Waals surface area contributed by atoms with Crippen LogP contribution < -0.4 is 5.32 Å². The van der Waals surface area contributed by atoms with E-state index in [1.54, 1.807) is 0 Å². The molecule has 20 heavy (non-hydrogen) atoms. The first-order valence-electron chi connectivity index (χ1n) is 6.45. The van der Waals surface area contributed by atoms with E-state index in [9.17, 15) is 18.9 Å². The quantitative estimate of drug-likeness (QED) is 0.618. The van der Waals surface area contributed by atoms with Gasteiger partial charge >= 0.3 is 0 Å². The van der Waals surface area contributed by atoms with Gasteiger partial charge < -0.3 is 10.2 Å². The lowest BCUT2D eigenvalue weighted by atomic mass is 10.2. The highest BCUT2D eigenvalue weighted by Crippen LogP contribution is 2.28. The van der Waals surface area contributed by atoms with Crippen LogP contribution in [0, 0.1) is 21.7 Å². The third-order valence-corrected chi connectivity index (χ3v) is 3.38. The number of rotatable bonds is 7. The van der Waals surface area contributed by atoms with E-state index < -0.39 is 27.9 Å². The molecule has 1 atom stereocenters. The van der Waals surface area contributed by atoms with Gasteiger partial charge in [0.15, 0.2) is 17.3 Å². The fraction of sp³-hybridized carbons (Fsp3) is 0.538. The van der Waals surface area contributed by atoms with Crippen LogP contribution in [0.2, 0.25) is 0 Å². The number of likely N-dealkylation sites (N-methyl/N-ethyl adjacent to an activating group) is 1. The molecule has 7 heteroatoms. The Morgan fingerprint density at radius 1 is 1.45 bits per heavy atom. The molecule has 0 aliphatic rings. The zero-order valence-corrected chi connectivity index (χ0v) is 11.8. The number of hydrogen-bond acceptors (Lipinski definition) is 4. The van der Waals surface area contributed by atoms with Crippen molar-refractivity contribution in [2.75, 3.05) is 25.5 Å². The van der Waals surface area contributed by atoms with Crippen LogP contribution in [0.15, 0.2) is 12.1 Å². The van der Waals surface area contributed by atoms with Gasteiger partial charge in [0.2, 0.25) is 0 Å². The number of benzene rings is 1. The van der Waals surface area contributed by atoms with Crippen molar-refractivity contribution in [3.05, 3.63) is 33.9 Å². The van der Waals surface area contributed by atoms with Crippen LogP contribution in [0.3, 0.4) is 0 Å². The van der Waals surface area contributed by atoms with Gasteiger partial charge in [0, 0.05) is 25.2 Å². The summed E-state index contributed by atoms with van der Waals surface area (Å²) in [6.07, 6.45) is 0.963. The molecule has 1 rings (SSSR count). The summed E-state index contributed by atoms with van der Waals surface area (Å²) in [6, 6.07) is 2.06. The minimum absolute atomic E-state index is 0.294. The minimum Gasteiger partial charge on any atom is -0.376 e. The number of hydrogen-bond donors (Lipinski definition) is 1. The van der Waals surface area contributed by atoms with Crippen LogP contribution in [0.25, 0.3) is 0 Å². The standard InChI is InChI=1S/C13H19F2N3O2/c1-4-9(2)17(3)8-7-16-13-11(18(19)20)6-5-10(14)12(13)15/h5-6,9,16H,4,7-8H2,1-3H3. The molecule has 112 valence electrons. The van der Waals surface area contributed by atoms with Gasteiger partial charge in [-0.05, 0) is 26.5 Å². The minimum atomic E-state index is -1.22. The van der Waals surface area contributed by atoms with Crippen LogP contribution in [-0.2, 0) is 0 Å². The highest BCUT2D eigenvalue weighted by molar-refractivity contribution is 5.62. The van der Waals surface area contributed by atoms with Crippen molar-refractivity contribution in [1.82, 2.24) is 4.90 Å². The third kappa shape index (κ3) is 3.86. The molecule has 5 nitrogen and oxygen atoms in total. The zero-order chi connectivity index (χ0) is 15.3. The largest absolute Gasteiger partial charge is 0.376 e. The molecule has 0 saturated heterocycles. The first kappa shape index (κ1) is 16.3. The van der Waals surface area contributed by atoms with Crippen molar-refractivity contribution in [1.29, 1.82) is 0 Å². The molecule has 0 aromatic heterocycles. The van der Waals surface area contributed by atoms with Crippen LogP contribution in [-0.4, -0.2) is 36.0 Å². The maximum Gasteiger partial charge on any atom is 0.295 e. The van der Waals surface area contributed by atoms with Gasteiger partial charge in [0.1, 0.15) is 0 Å². The van der Waals surface area contributed by atoms with Gasteiger partial charge in [-0.25, -0.2) is 8.78 Å². The van der Waals surface area contributed by atoms with E-state index in [0.717, 1.165) is 18.6 Å². The Kier molecular flexibility index (Phi) is 5.82. The lowest BCUT2D eigenvalue weighted by molar-refractivity contribution is -0.384. The second-order valence-electron chi connectivity index (χ2n) is 4.68. The number of anilines is 1. The Balaban J connectivity index is 2.77. The normalized spacial score (nSPS) is 12.5. The molecule has 1 aromatic carbocycles. The van der Waals surface area contributed by atoms with Gasteiger partial charge in [0.05, 0.1) is 4.92 Å². The average Bonchev–Trinajstić information content (AvgIpc) is 2.41. The topological polar surface area (TPSA) is 58.4 Å². The predicted molar refractivity (Wildman–Crippen MR) is 73.9 cm³/mol.